The second-order valence-electron chi connectivity index (χ2n) is 5.09. The second-order valence-corrected chi connectivity index (χ2v) is 6.51. The predicted molar refractivity (Wildman–Crippen MR) is 95.0 cm³/mol. The molecule has 0 bridgehead atoms. The van der Waals surface area contributed by atoms with Gasteiger partial charge in [-0.1, -0.05) is 23.7 Å². The zero-order valence-corrected chi connectivity index (χ0v) is 14.1. The van der Waals surface area contributed by atoms with Crippen LogP contribution in [0.3, 0.4) is 0 Å². The minimum absolute atomic E-state index is 0.0448. The third-order valence-electron chi connectivity index (χ3n) is 3.17. The number of halogens is 1. The predicted octanol–water partition coefficient (Wildman–Crippen LogP) is 4.66. The molecule has 0 radical (unpaired) electrons. The first kappa shape index (κ1) is 15.9. The van der Waals surface area contributed by atoms with Gasteiger partial charge < -0.3 is 9.73 Å². The van der Waals surface area contributed by atoms with Crippen molar-refractivity contribution in [1.29, 1.82) is 0 Å². The van der Waals surface area contributed by atoms with Crippen molar-refractivity contribution in [2.45, 2.75) is 12.7 Å². The van der Waals surface area contributed by atoms with E-state index in [1.807, 2.05) is 42.5 Å². The minimum Gasteiger partial charge on any atom is -0.441 e. The van der Waals surface area contributed by atoms with Crippen LogP contribution in [0.4, 0.5) is 5.69 Å². The molecule has 0 aliphatic heterocycles. The summed E-state index contributed by atoms with van der Waals surface area (Å²) in [6, 6.07) is 13.1. The van der Waals surface area contributed by atoms with Crippen LogP contribution in [0.5, 0.6) is 0 Å². The molecule has 3 aromatic rings. The molecule has 0 spiro atoms. The van der Waals surface area contributed by atoms with Crippen molar-refractivity contribution < 1.29 is 9.21 Å². The Kier molecular flexibility index (Phi) is 4.88. The highest BCUT2D eigenvalue weighted by molar-refractivity contribution is 7.99. The number of nitrogens with zero attached hydrogens (tertiary/aromatic N) is 1. The van der Waals surface area contributed by atoms with Crippen molar-refractivity contribution in [1.82, 2.24) is 4.98 Å². The van der Waals surface area contributed by atoms with Gasteiger partial charge >= 0.3 is 0 Å². The lowest BCUT2D eigenvalue weighted by atomic mass is 10.2. The van der Waals surface area contributed by atoms with Crippen LogP contribution in [0.25, 0.3) is 11.1 Å². The highest BCUT2D eigenvalue weighted by Crippen LogP contribution is 2.20. The number of carbonyl (C=O) groups is 1. The van der Waals surface area contributed by atoms with Crippen LogP contribution in [0.2, 0.25) is 5.02 Å². The van der Waals surface area contributed by atoms with Crippen LogP contribution >= 0.6 is 23.4 Å². The third-order valence-corrected chi connectivity index (χ3v) is 4.41. The molecule has 23 heavy (non-hydrogen) atoms. The maximum Gasteiger partial charge on any atom is 0.234 e. The zero-order chi connectivity index (χ0) is 16.2. The van der Waals surface area contributed by atoms with Crippen LogP contribution in [0, 0.1) is 6.92 Å². The van der Waals surface area contributed by atoms with Crippen molar-refractivity contribution in [3.05, 3.63) is 58.9 Å². The maximum atomic E-state index is 12.0. The Hall–Kier alpha value is -1.98. The molecule has 0 aliphatic carbocycles. The van der Waals surface area contributed by atoms with Gasteiger partial charge in [-0.25, -0.2) is 4.98 Å². The number of carbonyl (C=O) groups excluding carboxylic acids is 1. The normalized spacial score (nSPS) is 10.9. The maximum absolute atomic E-state index is 12.0. The molecule has 0 unspecified atom stereocenters. The molecule has 4 nitrogen and oxygen atoms in total. The number of oxazole rings is 1. The Morgan fingerprint density at radius 3 is 3.00 bits per heavy atom. The molecule has 2 aromatic carbocycles. The summed E-state index contributed by atoms with van der Waals surface area (Å²) in [6.45, 7) is 1.80. The standard InChI is InChI=1S/C17H15ClN2O2S/c1-11-19-15-8-14(5-6-16(15)22-11)20-17(21)10-23-9-12-3-2-4-13(18)7-12/h2-8H,9-10H2,1H3,(H,20,21). The largest absolute Gasteiger partial charge is 0.441 e. The first-order valence-electron chi connectivity index (χ1n) is 7.09. The monoisotopic (exact) mass is 346 g/mol. The lowest BCUT2D eigenvalue weighted by Crippen LogP contribution is -2.14. The van der Waals surface area contributed by atoms with E-state index in [0.717, 1.165) is 28.1 Å². The van der Waals surface area contributed by atoms with E-state index in [-0.39, 0.29) is 5.91 Å². The lowest BCUT2D eigenvalue weighted by molar-refractivity contribution is -0.113. The number of hydrogen-bond donors (Lipinski definition) is 1. The summed E-state index contributed by atoms with van der Waals surface area (Å²) in [5.41, 5.74) is 3.29. The molecule has 0 saturated heterocycles. The highest BCUT2D eigenvalue weighted by atomic mass is 35.5. The van der Waals surface area contributed by atoms with Gasteiger partial charge in [0.2, 0.25) is 5.91 Å². The Bertz CT molecular complexity index is 847. The minimum atomic E-state index is -0.0448. The van der Waals surface area contributed by atoms with Gasteiger partial charge in [-0.15, -0.1) is 11.8 Å². The van der Waals surface area contributed by atoms with Gasteiger partial charge in [-0.05, 0) is 35.9 Å². The third kappa shape index (κ3) is 4.27. The Balaban J connectivity index is 1.53. The number of fused-ring (bicyclic) bond motifs is 1. The highest BCUT2D eigenvalue weighted by Gasteiger charge is 2.07. The fourth-order valence-corrected chi connectivity index (χ4v) is 3.19. The number of aromatic nitrogens is 1. The number of amides is 1. The van der Waals surface area contributed by atoms with Crippen molar-refractivity contribution in [3.8, 4) is 0 Å². The molecular weight excluding hydrogens is 332 g/mol. The molecule has 1 N–H and O–H groups in total. The molecule has 0 atom stereocenters. The van der Waals surface area contributed by atoms with Crippen LogP contribution in [0.15, 0.2) is 46.9 Å². The summed E-state index contributed by atoms with van der Waals surface area (Å²) in [6.07, 6.45) is 0. The first-order chi connectivity index (χ1) is 11.1. The Morgan fingerprint density at radius 1 is 1.30 bits per heavy atom. The molecule has 6 heteroatoms. The number of benzene rings is 2. The van der Waals surface area contributed by atoms with E-state index in [0.29, 0.717) is 16.7 Å². The van der Waals surface area contributed by atoms with Crippen molar-refractivity contribution in [2.75, 3.05) is 11.1 Å². The quantitative estimate of drug-likeness (QED) is 0.729. The average molecular weight is 347 g/mol. The molecule has 1 amide bonds. The van der Waals surface area contributed by atoms with Gasteiger partial charge in [0.15, 0.2) is 11.5 Å². The van der Waals surface area contributed by atoms with Gasteiger partial charge in [-0.2, -0.15) is 0 Å². The molecule has 3 rings (SSSR count). The van der Waals surface area contributed by atoms with E-state index in [9.17, 15) is 4.79 Å². The van der Waals surface area contributed by atoms with Gasteiger partial charge in [-0.3, -0.25) is 4.79 Å². The van der Waals surface area contributed by atoms with E-state index < -0.39 is 0 Å². The van der Waals surface area contributed by atoms with E-state index >= 15 is 0 Å². The number of nitrogens with one attached hydrogen (secondary N) is 1. The summed E-state index contributed by atoms with van der Waals surface area (Å²) in [5, 5.41) is 3.59. The van der Waals surface area contributed by atoms with Gasteiger partial charge in [0.25, 0.3) is 0 Å². The Morgan fingerprint density at radius 2 is 2.17 bits per heavy atom. The molecule has 1 heterocycles. The van der Waals surface area contributed by atoms with Crippen LogP contribution < -0.4 is 5.32 Å². The first-order valence-corrected chi connectivity index (χ1v) is 8.63. The van der Waals surface area contributed by atoms with Crippen LogP contribution in [-0.2, 0) is 10.5 Å². The van der Waals surface area contributed by atoms with Crippen molar-refractivity contribution in [3.63, 3.8) is 0 Å². The van der Waals surface area contributed by atoms with Crippen LogP contribution in [-0.4, -0.2) is 16.6 Å². The number of aryl methyl sites for hydroxylation is 1. The van der Waals surface area contributed by atoms with Gasteiger partial charge in [0, 0.05) is 23.4 Å². The molecule has 118 valence electrons. The second kappa shape index (κ2) is 7.06. The molecular formula is C17H15ClN2O2S. The van der Waals surface area contributed by atoms with Crippen molar-refractivity contribution >= 4 is 46.1 Å². The smallest absolute Gasteiger partial charge is 0.234 e. The topological polar surface area (TPSA) is 55.1 Å². The van der Waals surface area contributed by atoms with E-state index in [4.69, 9.17) is 16.0 Å². The fraction of sp³-hybridized carbons (Fsp3) is 0.176. The molecule has 0 aliphatic rings. The van der Waals surface area contributed by atoms with E-state index in [2.05, 4.69) is 10.3 Å². The molecule has 0 saturated carbocycles. The summed E-state index contributed by atoms with van der Waals surface area (Å²) in [7, 11) is 0. The SMILES string of the molecule is Cc1nc2cc(NC(=O)CSCc3cccc(Cl)c3)ccc2o1. The Labute approximate surface area is 143 Å². The summed E-state index contributed by atoms with van der Waals surface area (Å²) in [4.78, 5) is 16.3. The molecule has 1 aromatic heterocycles. The zero-order valence-electron chi connectivity index (χ0n) is 12.5. The summed E-state index contributed by atoms with van der Waals surface area (Å²) in [5.74, 6) is 1.69. The van der Waals surface area contributed by atoms with Crippen LogP contribution in [0.1, 0.15) is 11.5 Å². The number of rotatable bonds is 5. The van der Waals surface area contributed by atoms with Gasteiger partial charge in [0.05, 0.1) is 5.75 Å². The molecule has 0 fully saturated rings. The van der Waals surface area contributed by atoms with Gasteiger partial charge in [0.1, 0.15) is 5.52 Å². The van der Waals surface area contributed by atoms with Crippen molar-refractivity contribution in [2.24, 2.45) is 0 Å². The number of hydrogen-bond acceptors (Lipinski definition) is 4. The van der Waals surface area contributed by atoms with E-state index in [1.54, 1.807) is 18.7 Å². The summed E-state index contributed by atoms with van der Waals surface area (Å²) >= 11 is 7.49. The van der Waals surface area contributed by atoms with E-state index in [1.165, 1.54) is 0 Å². The lowest BCUT2D eigenvalue weighted by Gasteiger charge is -2.05. The number of thioether (sulfide) groups is 1. The fourth-order valence-electron chi connectivity index (χ4n) is 2.21. The number of anilines is 1. The average Bonchev–Trinajstić information content (AvgIpc) is 2.86. The summed E-state index contributed by atoms with van der Waals surface area (Å²) < 4.78 is 5.41.